The number of benzene rings is 1. The van der Waals surface area contributed by atoms with Crippen LogP contribution in [0.4, 0.5) is 0 Å². The average Bonchev–Trinajstić information content (AvgIpc) is 2.37. The second-order valence-corrected chi connectivity index (χ2v) is 5.39. The first-order valence-corrected chi connectivity index (χ1v) is 7.43. The quantitative estimate of drug-likeness (QED) is 0.624. The van der Waals surface area contributed by atoms with Crippen molar-refractivity contribution in [1.82, 2.24) is 0 Å². The maximum Gasteiger partial charge on any atom is -0.0181 e. The smallest absolute Gasteiger partial charge is 0.0181 e. The van der Waals surface area contributed by atoms with Crippen LogP contribution in [0.5, 0.6) is 0 Å². The molecule has 0 amide bonds. The third kappa shape index (κ3) is 3.47. The molecule has 0 radical (unpaired) electrons. The van der Waals surface area contributed by atoms with Gasteiger partial charge in [-0.15, -0.1) is 0 Å². The van der Waals surface area contributed by atoms with Crippen LogP contribution in [0, 0.1) is 0 Å². The highest BCUT2D eigenvalue weighted by Crippen LogP contribution is 2.29. The van der Waals surface area contributed by atoms with Crippen LogP contribution in [0.25, 0.3) is 11.6 Å². The van der Waals surface area contributed by atoms with Gasteiger partial charge in [0.2, 0.25) is 0 Å². The molecular weight excluding hydrogens is 228 g/mol. The summed E-state index contributed by atoms with van der Waals surface area (Å²) >= 11 is 0. The van der Waals surface area contributed by atoms with Crippen LogP contribution in [0.1, 0.15) is 56.7 Å². The molecule has 0 nitrogen and oxygen atoms in total. The number of hydrogen-bond acceptors (Lipinski definition) is 0. The van der Waals surface area contributed by atoms with Gasteiger partial charge < -0.3 is 0 Å². The molecule has 0 saturated carbocycles. The molecule has 0 aromatic heterocycles. The zero-order valence-corrected chi connectivity index (χ0v) is 12.4. The highest BCUT2D eigenvalue weighted by atomic mass is 14.1. The number of rotatable bonds is 2. The fourth-order valence-electron chi connectivity index (χ4n) is 2.20. The lowest BCUT2D eigenvalue weighted by atomic mass is 9.89. The van der Waals surface area contributed by atoms with E-state index in [0.29, 0.717) is 0 Å². The van der Waals surface area contributed by atoms with Crippen LogP contribution in [0.15, 0.2) is 42.0 Å². The van der Waals surface area contributed by atoms with Gasteiger partial charge in [0.15, 0.2) is 0 Å². The van der Waals surface area contributed by atoms with Crippen LogP contribution < -0.4 is 0 Å². The minimum atomic E-state index is 1.20. The predicted octanol–water partition coefficient (Wildman–Crippen LogP) is 5.80. The maximum atomic E-state index is 2.34. The summed E-state index contributed by atoms with van der Waals surface area (Å²) in [5, 5.41) is 0. The van der Waals surface area contributed by atoms with Gasteiger partial charge in [0.05, 0.1) is 0 Å². The Morgan fingerprint density at radius 3 is 2.37 bits per heavy atom. The Balaban J connectivity index is 0.000000297. The SMILES string of the molecule is CC1=Cc2ccc(C3=CC=C3)cc2CC1.CCCC. The van der Waals surface area contributed by atoms with E-state index in [1.54, 1.807) is 0 Å². The first-order chi connectivity index (χ1) is 9.24. The first kappa shape index (κ1) is 13.9. The number of aryl methyl sites for hydroxylation is 1. The van der Waals surface area contributed by atoms with E-state index in [0.717, 1.165) is 0 Å². The molecule has 0 saturated heterocycles. The molecule has 0 fully saturated rings. The fraction of sp³-hybridized carbons (Fsp3) is 0.368. The van der Waals surface area contributed by atoms with Gasteiger partial charge in [-0.25, -0.2) is 0 Å². The van der Waals surface area contributed by atoms with Gasteiger partial charge in [-0.2, -0.15) is 0 Å². The van der Waals surface area contributed by atoms with Crippen LogP contribution in [0.3, 0.4) is 0 Å². The van der Waals surface area contributed by atoms with Gasteiger partial charge >= 0.3 is 0 Å². The second kappa shape index (κ2) is 6.56. The zero-order chi connectivity index (χ0) is 13.7. The molecule has 0 spiro atoms. The Bertz CT molecular complexity index is 525. The number of hydrogen-bond donors (Lipinski definition) is 0. The van der Waals surface area contributed by atoms with Crippen LogP contribution in [-0.2, 0) is 6.42 Å². The topological polar surface area (TPSA) is 0 Å². The van der Waals surface area contributed by atoms with Crippen LogP contribution >= 0.6 is 0 Å². The van der Waals surface area contributed by atoms with Gasteiger partial charge in [-0.1, -0.05) is 74.8 Å². The van der Waals surface area contributed by atoms with E-state index in [4.69, 9.17) is 0 Å². The minimum absolute atomic E-state index is 1.20. The second-order valence-electron chi connectivity index (χ2n) is 5.39. The molecule has 0 heterocycles. The van der Waals surface area contributed by atoms with Gasteiger partial charge in [0, 0.05) is 0 Å². The lowest BCUT2D eigenvalue weighted by Gasteiger charge is -2.16. The van der Waals surface area contributed by atoms with Crippen molar-refractivity contribution in [3.05, 3.63) is 58.7 Å². The molecule has 0 bridgehead atoms. The highest BCUT2D eigenvalue weighted by Gasteiger charge is 2.10. The average molecular weight is 252 g/mol. The van der Waals surface area contributed by atoms with E-state index in [-0.39, 0.29) is 0 Å². The lowest BCUT2D eigenvalue weighted by Crippen LogP contribution is -1.99. The molecule has 2 aliphatic carbocycles. The Hall–Kier alpha value is -1.56. The summed E-state index contributed by atoms with van der Waals surface area (Å²) in [5.74, 6) is 0. The summed E-state index contributed by atoms with van der Waals surface area (Å²) in [7, 11) is 0. The van der Waals surface area contributed by atoms with Crippen molar-refractivity contribution in [2.75, 3.05) is 0 Å². The molecule has 0 aliphatic heterocycles. The van der Waals surface area contributed by atoms with Crippen molar-refractivity contribution in [3.8, 4) is 0 Å². The van der Waals surface area contributed by atoms with Gasteiger partial charge in [-0.05, 0) is 42.0 Å². The summed E-state index contributed by atoms with van der Waals surface area (Å²) < 4.78 is 0. The molecule has 0 unspecified atom stereocenters. The van der Waals surface area contributed by atoms with Crippen LogP contribution in [-0.4, -0.2) is 0 Å². The Morgan fingerprint density at radius 2 is 1.79 bits per heavy atom. The molecule has 100 valence electrons. The molecule has 2 aliphatic rings. The lowest BCUT2D eigenvalue weighted by molar-refractivity contribution is 0.886. The van der Waals surface area contributed by atoms with E-state index in [9.17, 15) is 0 Å². The molecule has 19 heavy (non-hydrogen) atoms. The van der Waals surface area contributed by atoms with Crippen molar-refractivity contribution in [3.63, 3.8) is 0 Å². The molecule has 1 aromatic carbocycles. The molecule has 0 N–H and O–H groups in total. The standard InChI is InChI=1S/C15H14.C4H10/c1-11-5-6-15-10-14(12-3-2-4-12)8-7-13(15)9-11;1-3-4-2/h2-4,7-10H,5-6H2,1H3;3-4H2,1-2H3. The third-order valence-electron chi connectivity index (χ3n) is 3.72. The summed E-state index contributed by atoms with van der Waals surface area (Å²) in [6.07, 6.45) is 13.8. The van der Waals surface area contributed by atoms with Crippen molar-refractivity contribution >= 4 is 11.6 Å². The Morgan fingerprint density at radius 1 is 1.05 bits per heavy atom. The predicted molar refractivity (Wildman–Crippen MR) is 86.1 cm³/mol. The fourth-order valence-corrected chi connectivity index (χ4v) is 2.20. The van der Waals surface area contributed by atoms with Crippen molar-refractivity contribution in [1.29, 1.82) is 0 Å². The highest BCUT2D eigenvalue weighted by molar-refractivity contribution is 5.82. The molecular formula is C19H24. The van der Waals surface area contributed by atoms with Gasteiger partial charge in [-0.3, -0.25) is 0 Å². The molecule has 3 rings (SSSR count). The van der Waals surface area contributed by atoms with E-state index < -0.39 is 0 Å². The van der Waals surface area contributed by atoms with Gasteiger partial charge in [0.25, 0.3) is 0 Å². The zero-order valence-electron chi connectivity index (χ0n) is 12.4. The van der Waals surface area contributed by atoms with Crippen LogP contribution in [0.2, 0.25) is 0 Å². The number of unbranched alkanes of at least 4 members (excludes halogenated alkanes) is 1. The maximum absolute atomic E-state index is 2.34. The van der Waals surface area contributed by atoms with E-state index in [1.165, 1.54) is 53.5 Å². The van der Waals surface area contributed by atoms with E-state index in [2.05, 4.69) is 63.3 Å². The van der Waals surface area contributed by atoms with Gasteiger partial charge in [0.1, 0.15) is 0 Å². The normalized spacial score (nSPS) is 15.5. The van der Waals surface area contributed by atoms with Crippen molar-refractivity contribution < 1.29 is 0 Å². The number of fused-ring (bicyclic) bond motifs is 1. The molecule has 1 aromatic rings. The van der Waals surface area contributed by atoms with E-state index >= 15 is 0 Å². The third-order valence-corrected chi connectivity index (χ3v) is 3.72. The Labute approximate surface area is 117 Å². The largest absolute Gasteiger partial charge is 0.0724 e. The molecule has 0 heteroatoms. The summed E-state index contributed by atoms with van der Waals surface area (Å²) in [6.45, 7) is 6.58. The minimum Gasteiger partial charge on any atom is -0.0724 e. The molecule has 0 atom stereocenters. The Kier molecular flexibility index (Phi) is 4.79. The summed E-state index contributed by atoms with van der Waals surface area (Å²) in [4.78, 5) is 0. The van der Waals surface area contributed by atoms with Crippen molar-refractivity contribution in [2.45, 2.75) is 46.5 Å². The summed E-state index contributed by atoms with van der Waals surface area (Å²) in [6, 6.07) is 6.82. The first-order valence-electron chi connectivity index (χ1n) is 7.43. The van der Waals surface area contributed by atoms with E-state index in [1.807, 2.05) is 0 Å². The van der Waals surface area contributed by atoms with Crippen molar-refractivity contribution in [2.24, 2.45) is 0 Å². The summed E-state index contributed by atoms with van der Waals surface area (Å²) in [5.41, 5.74) is 7.14. The monoisotopic (exact) mass is 252 g/mol. The number of allylic oxidation sites excluding steroid dienone is 5.